The zero-order valence-corrected chi connectivity index (χ0v) is 12.1. The molecule has 1 unspecified atom stereocenters. The Morgan fingerprint density at radius 3 is 2.47 bits per heavy atom. The summed E-state index contributed by atoms with van der Waals surface area (Å²) in [5.41, 5.74) is 5.93. The number of piperazine rings is 1. The van der Waals surface area contributed by atoms with Crippen LogP contribution in [0.2, 0.25) is 0 Å². The SMILES string of the molecule is CC(C)CC(CN)N1CCN(c2ccccn2)CC1. The van der Waals surface area contributed by atoms with Crippen LogP contribution in [-0.4, -0.2) is 48.6 Å². The largest absolute Gasteiger partial charge is 0.354 e. The minimum absolute atomic E-state index is 0.533. The van der Waals surface area contributed by atoms with Crippen molar-refractivity contribution in [1.29, 1.82) is 0 Å². The predicted molar refractivity (Wildman–Crippen MR) is 80.3 cm³/mol. The van der Waals surface area contributed by atoms with Gasteiger partial charge in [0.1, 0.15) is 5.82 Å². The van der Waals surface area contributed by atoms with Gasteiger partial charge in [-0.1, -0.05) is 19.9 Å². The van der Waals surface area contributed by atoms with Crippen LogP contribution in [0, 0.1) is 5.92 Å². The van der Waals surface area contributed by atoms with Gasteiger partial charge >= 0.3 is 0 Å². The van der Waals surface area contributed by atoms with E-state index in [1.807, 2.05) is 12.3 Å². The van der Waals surface area contributed by atoms with Crippen molar-refractivity contribution in [3.63, 3.8) is 0 Å². The highest BCUT2D eigenvalue weighted by Gasteiger charge is 2.23. The second kappa shape index (κ2) is 6.87. The maximum Gasteiger partial charge on any atom is 0.128 e. The van der Waals surface area contributed by atoms with E-state index in [1.54, 1.807) is 0 Å². The Bertz CT molecular complexity index is 358. The van der Waals surface area contributed by atoms with E-state index in [0.29, 0.717) is 12.0 Å². The van der Waals surface area contributed by atoms with Crippen molar-refractivity contribution in [3.8, 4) is 0 Å². The molecule has 0 amide bonds. The quantitative estimate of drug-likeness (QED) is 0.875. The first-order valence-electron chi connectivity index (χ1n) is 7.30. The van der Waals surface area contributed by atoms with Gasteiger partial charge in [0.05, 0.1) is 0 Å². The van der Waals surface area contributed by atoms with Crippen molar-refractivity contribution < 1.29 is 0 Å². The van der Waals surface area contributed by atoms with E-state index in [9.17, 15) is 0 Å². The summed E-state index contributed by atoms with van der Waals surface area (Å²) in [7, 11) is 0. The molecule has 2 rings (SSSR count). The molecule has 0 aliphatic carbocycles. The number of hydrogen-bond acceptors (Lipinski definition) is 4. The Labute approximate surface area is 116 Å². The van der Waals surface area contributed by atoms with Crippen LogP contribution < -0.4 is 10.6 Å². The fourth-order valence-corrected chi connectivity index (χ4v) is 2.80. The van der Waals surface area contributed by atoms with Gasteiger partial charge in [-0.2, -0.15) is 0 Å². The molecule has 4 nitrogen and oxygen atoms in total. The molecular weight excluding hydrogens is 236 g/mol. The summed E-state index contributed by atoms with van der Waals surface area (Å²) in [5, 5.41) is 0. The van der Waals surface area contributed by atoms with Gasteiger partial charge in [-0.25, -0.2) is 4.98 Å². The normalized spacial score (nSPS) is 18.8. The van der Waals surface area contributed by atoms with Gasteiger partial charge in [-0.15, -0.1) is 0 Å². The number of hydrogen-bond donors (Lipinski definition) is 1. The number of anilines is 1. The molecule has 106 valence electrons. The van der Waals surface area contributed by atoms with E-state index in [-0.39, 0.29) is 0 Å². The standard InChI is InChI=1S/C15H26N4/c1-13(2)11-14(12-16)18-7-9-19(10-8-18)15-5-3-4-6-17-15/h3-6,13-14H,7-12,16H2,1-2H3. The first-order chi connectivity index (χ1) is 9.20. The average Bonchev–Trinajstić information content (AvgIpc) is 2.46. The summed E-state index contributed by atoms with van der Waals surface area (Å²) >= 11 is 0. The predicted octanol–water partition coefficient (Wildman–Crippen LogP) is 1.58. The lowest BCUT2D eigenvalue weighted by molar-refractivity contribution is 0.168. The van der Waals surface area contributed by atoms with Gasteiger partial charge < -0.3 is 10.6 Å². The average molecular weight is 262 g/mol. The van der Waals surface area contributed by atoms with E-state index in [4.69, 9.17) is 5.73 Å². The Hall–Kier alpha value is -1.13. The van der Waals surface area contributed by atoms with Crippen LogP contribution in [0.15, 0.2) is 24.4 Å². The van der Waals surface area contributed by atoms with Crippen LogP contribution in [0.25, 0.3) is 0 Å². The van der Waals surface area contributed by atoms with Crippen LogP contribution in [0.1, 0.15) is 20.3 Å². The summed E-state index contributed by atoms with van der Waals surface area (Å²) in [6.45, 7) is 9.58. The third kappa shape index (κ3) is 3.91. The first-order valence-corrected chi connectivity index (χ1v) is 7.30. The van der Waals surface area contributed by atoms with Gasteiger partial charge in [0.25, 0.3) is 0 Å². The topological polar surface area (TPSA) is 45.4 Å². The summed E-state index contributed by atoms with van der Waals surface area (Å²) in [6, 6.07) is 6.64. The molecule has 1 fully saturated rings. The molecule has 0 aromatic carbocycles. The Balaban J connectivity index is 1.88. The first kappa shape index (κ1) is 14.3. The fourth-order valence-electron chi connectivity index (χ4n) is 2.80. The van der Waals surface area contributed by atoms with E-state index >= 15 is 0 Å². The maximum absolute atomic E-state index is 5.93. The Morgan fingerprint density at radius 2 is 1.95 bits per heavy atom. The molecule has 1 aromatic rings. The monoisotopic (exact) mass is 262 g/mol. The smallest absolute Gasteiger partial charge is 0.128 e. The van der Waals surface area contributed by atoms with Crippen LogP contribution in [0.4, 0.5) is 5.82 Å². The van der Waals surface area contributed by atoms with Crippen LogP contribution in [0.5, 0.6) is 0 Å². The molecule has 2 N–H and O–H groups in total. The lowest BCUT2D eigenvalue weighted by Gasteiger charge is -2.40. The Morgan fingerprint density at radius 1 is 1.21 bits per heavy atom. The van der Waals surface area contributed by atoms with E-state index in [0.717, 1.165) is 38.5 Å². The lowest BCUT2D eigenvalue weighted by atomic mass is 10.0. The molecule has 1 atom stereocenters. The maximum atomic E-state index is 5.93. The minimum atomic E-state index is 0.533. The van der Waals surface area contributed by atoms with Crippen molar-refractivity contribution in [2.75, 3.05) is 37.6 Å². The molecule has 1 aliphatic rings. The highest BCUT2D eigenvalue weighted by molar-refractivity contribution is 5.38. The van der Waals surface area contributed by atoms with Crippen molar-refractivity contribution in [1.82, 2.24) is 9.88 Å². The molecule has 1 aromatic heterocycles. The van der Waals surface area contributed by atoms with Crippen molar-refractivity contribution >= 4 is 5.82 Å². The highest BCUT2D eigenvalue weighted by Crippen LogP contribution is 2.16. The number of rotatable bonds is 5. The molecule has 0 spiro atoms. The second-order valence-electron chi connectivity index (χ2n) is 5.73. The second-order valence-corrected chi connectivity index (χ2v) is 5.73. The van der Waals surface area contributed by atoms with Crippen LogP contribution in [-0.2, 0) is 0 Å². The van der Waals surface area contributed by atoms with E-state index < -0.39 is 0 Å². The zero-order chi connectivity index (χ0) is 13.7. The van der Waals surface area contributed by atoms with Crippen molar-refractivity contribution in [2.45, 2.75) is 26.3 Å². The van der Waals surface area contributed by atoms with Crippen LogP contribution in [0.3, 0.4) is 0 Å². The number of pyridine rings is 1. The van der Waals surface area contributed by atoms with Gasteiger partial charge in [0.2, 0.25) is 0 Å². The molecule has 0 saturated carbocycles. The fraction of sp³-hybridized carbons (Fsp3) is 0.667. The lowest BCUT2D eigenvalue weighted by Crippen LogP contribution is -2.52. The summed E-state index contributed by atoms with van der Waals surface area (Å²) < 4.78 is 0. The highest BCUT2D eigenvalue weighted by atomic mass is 15.3. The number of nitrogens with zero attached hydrogens (tertiary/aromatic N) is 3. The molecule has 2 heterocycles. The van der Waals surface area contributed by atoms with Gasteiger partial charge in [0.15, 0.2) is 0 Å². The molecule has 0 radical (unpaired) electrons. The summed E-state index contributed by atoms with van der Waals surface area (Å²) in [6.07, 6.45) is 3.06. The van der Waals surface area contributed by atoms with E-state index in [1.165, 1.54) is 6.42 Å². The van der Waals surface area contributed by atoms with Crippen molar-refractivity contribution in [2.24, 2.45) is 11.7 Å². The third-order valence-electron chi connectivity index (χ3n) is 3.82. The Kier molecular flexibility index (Phi) is 5.16. The van der Waals surface area contributed by atoms with Gasteiger partial charge in [-0.3, -0.25) is 4.90 Å². The molecular formula is C15H26N4. The zero-order valence-electron chi connectivity index (χ0n) is 12.1. The molecule has 19 heavy (non-hydrogen) atoms. The number of nitrogens with two attached hydrogens (primary N) is 1. The number of aromatic nitrogens is 1. The van der Waals surface area contributed by atoms with Gasteiger partial charge in [-0.05, 0) is 24.5 Å². The third-order valence-corrected chi connectivity index (χ3v) is 3.82. The van der Waals surface area contributed by atoms with E-state index in [2.05, 4.69) is 40.8 Å². The molecule has 1 saturated heterocycles. The summed E-state index contributed by atoms with van der Waals surface area (Å²) in [4.78, 5) is 9.33. The minimum Gasteiger partial charge on any atom is -0.354 e. The molecule has 0 bridgehead atoms. The molecule has 4 heteroatoms. The summed E-state index contributed by atoms with van der Waals surface area (Å²) in [5.74, 6) is 1.80. The van der Waals surface area contributed by atoms with Gasteiger partial charge in [0, 0.05) is 45.0 Å². The molecule has 1 aliphatic heterocycles. The van der Waals surface area contributed by atoms with Crippen molar-refractivity contribution in [3.05, 3.63) is 24.4 Å². The van der Waals surface area contributed by atoms with Crippen LogP contribution >= 0.6 is 0 Å².